The maximum absolute atomic E-state index is 11.5. The smallest absolute Gasteiger partial charge is 0.326 e. The first-order chi connectivity index (χ1) is 5.11. The summed E-state index contributed by atoms with van der Waals surface area (Å²) in [5.41, 5.74) is 0. The molecule has 0 spiro atoms. The molecule has 0 unspecified atom stereocenters. The summed E-state index contributed by atoms with van der Waals surface area (Å²) in [6, 6.07) is -0.974. The first-order valence-electron chi connectivity index (χ1n) is 3.20. The minimum Gasteiger partial charge on any atom is -0.480 e. The van der Waals surface area contributed by atoms with Crippen LogP contribution in [-0.2, 0) is 9.59 Å². The fourth-order valence-electron chi connectivity index (χ4n) is 0.571. The Labute approximate surface area is 63.4 Å². The summed E-state index contributed by atoms with van der Waals surface area (Å²) in [7, 11) is 0. The van der Waals surface area contributed by atoms with Gasteiger partial charge in [-0.15, -0.1) is 0 Å². The molecular weight excluding hydrogens is 153 g/mol. The summed E-state index contributed by atoms with van der Waals surface area (Å²) in [5.74, 6) is -2.03. The number of alkyl halides is 1. The highest BCUT2D eigenvalue weighted by molar-refractivity contribution is 5.83. The number of nitrogens with one attached hydrogen (secondary N) is 1. The topological polar surface area (TPSA) is 66.4 Å². The Morgan fingerprint density at radius 3 is 2.45 bits per heavy atom. The molecule has 4 nitrogen and oxygen atoms in total. The van der Waals surface area contributed by atoms with Crippen LogP contribution in [0.3, 0.4) is 0 Å². The number of halogens is 1. The van der Waals surface area contributed by atoms with Crippen molar-refractivity contribution in [1.29, 1.82) is 0 Å². The summed E-state index contributed by atoms with van der Waals surface area (Å²) in [6.07, 6.45) is 0.251. The Balaban J connectivity index is 3.88. The Hall–Kier alpha value is -1.13. The molecule has 1 atom stereocenters. The number of aliphatic carboxylic acids is 1. The van der Waals surface area contributed by atoms with Gasteiger partial charge in [-0.25, -0.2) is 9.18 Å². The molecule has 0 aliphatic carbocycles. The molecule has 64 valence electrons. The van der Waals surface area contributed by atoms with E-state index in [0.29, 0.717) is 0 Å². The number of carbonyl (C=O) groups is 2. The summed E-state index contributed by atoms with van der Waals surface area (Å²) in [6.45, 7) is 0.418. The van der Waals surface area contributed by atoms with Crippen molar-refractivity contribution in [2.45, 2.75) is 19.4 Å². The van der Waals surface area contributed by atoms with Crippen LogP contribution < -0.4 is 5.32 Å². The molecule has 0 rings (SSSR count). The molecule has 0 bridgehead atoms. The van der Waals surface area contributed by atoms with E-state index in [1.165, 1.54) is 0 Å². The zero-order valence-corrected chi connectivity index (χ0v) is 6.13. The molecule has 0 aromatic heterocycles. The van der Waals surface area contributed by atoms with Crippen LogP contribution in [0.25, 0.3) is 0 Å². The minimum absolute atomic E-state index is 0.251. The molecule has 0 saturated heterocycles. The first kappa shape index (κ1) is 9.87. The molecule has 0 saturated carbocycles. The van der Waals surface area contributed by atoms with E-state index in [9.17, 15) is 14.0 Å². The van der Waals surface area contributed by atoms with Crippen LogP contribution in [0.2, 0.25) is 0 Å². The van der Waals surface area contributed by atoms with Gasteiger partial charge in [-0.3, -0.25) is 4.79 Å². The molecule has 1 amide bonds. The van der Waals surface area contributed by atoms with Crippen molar-refractivity contribution < 1.29 is 19.1 Å². The molecule has 11 heavy (non-hydrogen) atoms. The van der Waals surface area contributed by atoms with E-state index >= 15 is 0 Å². The highest BCUT2D eigenvalue weighted by atomic mass is 19.1. The Bertz CT molecular complexity index is 160. The monoisotopic (exact) mass is 163 g/mol. The van der Waals surface area contributed by atoms with Gasteiger partial charge in [0.1, 0.15) is 6.04 Å². The Morgan fingerprint density at radius 1 is 1.64 bits per heavy atom. The van der Waals surface area contributed by atoms with Gasteiger partial charge in [0, 0.05) is 0 Å². The average molecular weight is 163 g/mol. The molecule has 2 N–H and O–H groups in total. The van der Waals surface area contributed by atoms with Gasteiger partial charge in [-0.05, 0) is 6.42 Å². The summed E-state index contributed by atoms with van der Waals surface area (Å²) < 4.78 is 11.5. The molecule has 0 aromatic carbocycles. The van der Waals surface area contributed by atoms with Crippen molar-refractivity contribution in [2.24, 2.45) is 0 Å². The van der Waals surface area contributed by atoms with Gasteiger partial charge >= 0.3 is 5.97 Å². The molecule has 0 radical (unpaired) electrons. The number of hydrogen-bond donors (Lipinski definition) is 2. The van der Waals surface area contributed by atoms with Gasteiger partial charge in [0.2, 0.25) is 0 Å². The lowest BCUT2D eigenvalue weighted by Crippen LogP contribution is -2.40. The van der Waals surface area contributed by atoms with Crippen LogP contribution in [0.4, 0.5) is 4.39 Å². The molecule has 0 fully saturated rings. The maximum atomic E-state index is 11.5. The standard InChI is InChI=1S/C6H10FNO3/c1-2-4(6(10)11)8-5(9)3-7/h4H,2-3H2,1H3,(H,8,9)(H,10,11)/t4-/m0/s1. The Kier molecular flexibility index (Phi) is 4.17. The van der Waals surface area contributed by atoms with Gasteiger partial charge in [-0.1, -0.05) is 6.92 Å². The largest absolute Gasteiger partial charge is 0.480 e. The van der Waals surface area contributed by atoms with Gasteiger partial charge in [0.25, 0.3) is 5.91 Å². The van der Waals surface area contributed by atoms with Crippen molar-refractivity contribution in [3.05, 3.63) is 0 Å². The van der Waals surface area contributed by atoms with Crippen LogP contribution in [0, 0.1) is 0 Å². The second kappa shape index (κ2) is 4.65. The van der Waals surface area contributed by atoms with Crippen LogP contribution >= 0.6 is 0 Å². The predicted molar refractivity (Wildman–Crippen MR) is 35.8 cm³/mol. The van der Waals surface area contributed by atoms with Gasteiger partial charge in [-0.2, -0.15) is 0 Å². The van der Waals surface area contributed by atoms with E-state index < -0.39 is 24.6 Å². The van der Waals surface area contributed by atoms with Gasteiger partial charge in [0.15, 0.2) is 6.67 Å². The maximum Gasteiger partial charge on any atom is 0.326 e. The molecular formula is C6H10FNO3. The lowest BCUT2D eigenvalue weighted by atomic mass is 10.2. The van der Waals surface area contributed by atoms with Gasteiger partial charge < -0.3 is 10.4 Å². The number of rotatable bonds is 4. The van der Waals surface area contributed by atoms with Crippen molar-refractivity contribution >= 4 is 11.9 Å². The van der Waals surface area contributed by atoms with E-state index in [4.69, 9.17) is 5.11 Å². The molecule has 0 aromatic rings. The van der Waals surface area contributed by atoms with Crippen LogP contribution in [0.1, 0.15) is 13.3 Å². The number of carboxylic acids is 1. The molecule has 0 aliphatic rings. The fourth-order valence-corrected chi connectivity index (χ4v) is 0.571. The third-order valence-electron chi connectivity index (χ3n) is 1.16. The molecule has 0 aliphatic heterocycles. The summed E-state index contributed by atoms with van der Waals surface area (Å²) >= 11 is 0. The number of carboxylic acid groups (broad SMARTS) is 1. The highest BCUT2D eigenvalue weighted by Gasteiger charge is 2.16. The third kappa shape index (κ3) is 3.54. The van der Waals surface area contributed by atoms with Crippen molar-refractivity contribution in [2.75, 3.05) is 6.67 Å². The van der Waals surface area contributed by atoms with Crippen LogP contribution in [-0.4, -0.2) is 29.7 Å². The van der Waals surface area contributed by atoms with E-state index in [-0.39, 0.29) is 6.42 Å². The van der Waals surface area contributed by atoms with E-state index in [0.717, 1.165) is 0 Å². The van der Waals surface area contributed by atoms with Crippen molar-refractivity contribution in [1.82, 2.24) is 5.32 Å². The van der Waals surface area contributed by atoms with Crippen molar-refractivity contribution in [3.8, 4) is 0 Å². The second-order valence-electron chi connectivity index (χ2n) is 2.00. The average Bonchev–Trinajstić information content (AvgIpc) is 1.99. The highest BCUT2D eigenvalue weighted by Crippen LogP contribution is 1.90. The number of hydrogen-bond acceptors (Lipinski definition) is 2. The van der Waals surface area contributed by atoms with Crippen LogP contribution in [0.5, 0.6) is 0 Å². The quantitative estimate of drug-likeness (QED) is 0.609. The molecule has 0 heterocycles. The lowest BCUT2D eigenvalue weighted by molar-refractivity contribution is -0.142. The van der Waals surface area contributed by atoms with Gasteiger partial charge in [0.05, 0.1) is 0 Å². The second-order valence-corrected chi connectivity index (χ2v) is 2.00. The van der Waals surface area contributed by atoms with E-state index in [2.05, 4.69) is 0 Å². The number of amides is 1. The zero-order valence-electron chi connectivity index (χ0n) is 6.13. The van der Waals surface area contributed by atoms with Crippen molar-refractivity contribution in [3.63, 3.8) is 0 Å². The first-order valence-corrected chi connectivity index (χ1v) is 3.20. The van der Waals surface area contributed by atoms with Crippen LogP contribution in [0.15, 0.2) is 0 Å². The minimum atomic E-state index is -1.18. The predicted octanol–water partition coefficient (Wildman–Crippen LogP) is -0.0647. The SMILES string of the molecule is CC[C@H](NC(=O)CF)C(=O)O. The zero-order chi connectivity index (χ0) is 8.85. The number of carbonyl (C=O) groups excluding carboxylic acids is 1. The lowest BCUT2D eigenvalue weighted by Gasteiger charge is -2.09. The van der Waals surface area contributed by atoms with E-state index in [1.54, 1.807) is 6.92 Å². The normalized spacial score (nSPS) is 12.2. The summed E-state index contributed by atoms with van der Waals surface area (Å²) in [4.78, 5) is 20.6. The third-order valence-corrected chi connectivity index (χ3v) is 1.16. The Morgan fingerprint density at radius 2 is 2.18 bits per heavy atom. The fraction of sp³-hybridized carbons (Fsp3) is 0.667. The molecule has 5 heteroatoms. The summed E-state index contributed by atoms with van der Waals surface area (Å²) in [5, 5.41) is 10.4. The van der Waals surface area contributed by atoms with E-state index in [1.807, 2.05) is 5.32 Å².